The summed E-state index contributed by atoms with van der Waals surface area (Å²) in [6.07, 6.45) is 0. The van der Waals surface area contributed by atoms with Gasteiger partial charge in [-0.15, -0.1) is 11.3 Å². The van der Waals surface area contributed by atoms with Crippen molar-refractivity contribution in [2.45, 2.75) is 19.4 Å². The largest absolute Gasteiger partial charge is 0.387 e. The zero-order valence-corrected chi connectivity index (χ0v) is 12.5. The summed E-state index contributed by atoms with van der Waals surface area (Å²) in [6.45, 7) is 3.75. The summed E-state index contributed by atoms with van der Waals surface area (Å²) in [5.41, 5.74) is -0.449. The molecule has 1 amide bonds. The van der Waals surface area contributed by atoms with E-state index in [9.17, 15) is 14.7 Å². The molecule has 0 spiro atoms. The molecule has 1 rings (SSSR count). The van der Waals surface area contributed by atoms with Gasteiger partial charge in [0.15, 0.2) is 5.78 Å². The first-order chi connectivity index (χ1) is 8.71. The fourth-order valence-corrected chi connectivity index (χ4v) is 2.60. The minimum Gasteiger partial charge on any atom is -0.387 e. The molecule has 0 radical (unpaired) electrons. The predicted molar refractivity (Wildman–Crippen MR) is 75.8 cm³/mol. The number of carbonyl (C=O) groups is 2. The van der Waals surface area contributed by atoms with E-state index in [1.807, 2.05) is 19.0 Å². The van der Waals surface area contributed by atoms with Crippen LogP contribution >= 0.6 is 11.3 Å². The molecule has 0 saturated carbocycles. The van der Waals surface area contributed by atoms with Crippen LogP contribution in [0, 0.1) is 0 Å². The molecule has 1 aromatic heterocycles. The van der Waals surface area contributed by atoms with E-state index in [-0.39, 0.29) is 18.2 Å². The smallest absolute Gasteiger partial charge is 0.261 e. The normalized spacial score (nSPS) is 14.2. The molecule has 0 saturated heterocycles. The first kappa shape index (κ1) is 15.8. The van der Waals surface area contributed by atoms with Gasteiger partial charge in [0.05, 0.1) is 10.5 Å². The Morgan fingerprint density at radius 3 is 2.58 bits per heavy atom. The average molecular weight is 284 g/mol. The van der Waals surface area contributed by atoms with Crippen molar-refractivity contribution in [3.05, 3.63) is 21.9 Å². The molecule has 1 unspecified atom stereocenters. The van der Waals surface area contributed by atoms with Crippen molar-refractivity contribution in [2.24, 2.45) is 0 Å². The molecule has 106 valence electrons. The van der Waals surface area contributed by atoms with Crippen molar-refractivity contribution in [1.82, 2.24) is 10.2 Å². The SMILES string of the molecule is CC(=O)c1csc(C(=O)NCC(C)(O)CN(C)C)c1. The van der Waals surface area contributed by atoms with E-state index >= 15 is 0 Å². The second-order valence-electron chi connectivity index (χ2n) is 5.17. The Kier molecular flexibility index (Phi) is 5.22. The van der Waals surface area contributed by atoms with Crippen LogP contribution in [-0.2, 0) is 0 Å². The zero-order chi connectivity index (χ0) is 14.6. The molecule has 2 N–H and O–H groups in total. The van der Waals surface area contributed by atoms with E-state index in [0.29, 0.717) is 17.0 Å². The lowest BCUT2D eigenvalue weighted by Crippen LogP contribution is -2.47. The third-order valence-electron chi connectivity index (χ3n) is 2.52. The molecule has 0 aliphatic heterocycles. The van der Waals surface area contributed by atoms with Crippen LogP contribution in [0.25, 0.3) is 0 Å². The van der Waals surface area contributed by atoms with Gasteiger partial charge in [-0.2, -0.15) is 0 Å². The first-order valence-corrected chi connectivity index (χ1v) is 6.84. The van der Waals surface area contributed by atoms with Gasteiger partial charge in [-0.25, -0.2) is 0 Å². The number of thiophene rings is 1. The topological polar surface area (TPSA) is 69.6 Å². The van der Waals surface area contributed by atoms with E-state index in [1.54, 1.807) is 18.4 Å². The fraction of sp³-hybridized carbons (Fsp3) is 0.538. The van der Waals surface area contributed by atoms with Crippen molar-refractivity contribution < 1.29 is 14.7 Å². The van der Waals surface area contributed by atoms with Crippen LogP contribution in [0.2, 0.25) is 0 Å². The number of hydrogen-bond acceptors (Lipinski definition) is 5. The third kappa shape index (κ3) is 5.10. The molecule has 1 aromatic rings. The average Bonchev–Trinajstić information content (AvgIpc) is 2.73. The van der Waals surface area contributed by atoms with Gasteiger partial charge in [-0.3, -0.25) is 9.59 Å². The monoisotopic (exact) mass is 284 g/mol. The standard InChI is InChI=1S/C13H20N2O3S/c1-9(16)10-5-11(19-6-10)12(17)14-7-13(2,18)8-15(3)4/h5-6,18H,7-8H2,1-4H3,(H,14,17). The number of nitrogens with one attached hydrogen (secondary N) is 1. The lowest BCUT2D eigenvalue weighted by Gasteiger charge is -2.26. The number of nitrogens with zero attached hydrogens (tertiary/aromatic N) is 1. The van der Waals surface area contributed by atoms with E-state index in [1.165, 1.54) is 18.3 Å². The van der Waals surface area contributed by atoms with Gasteiger partial charge in [0.25, 0.3) is 5.91 Å². The molecule has 6 heteroatoms. The second kappa shape index (κ2) is 6.27. The van der Waals surface area contributed by atoms with Gasteiger partial charge < -0.3 is 15.3 Å². The number of hydrogen-bond donors (Lipinski definition) is 2. The lowest BCUT2D eigenvalue weighted by atomic mass is 10.1. The van der Waals surface area contributed by atoms with E-state index in [0.717, 1.165) is 0 Å². The van der Waals surface area contributed by atoms with Gasteiger partial charge in [-0.1, -0.05) is 0 Å². The fourth-order valence-electron chi connectivity index (χ4n) is 1.73. The molecule has 1 heterocycles. The van der Waals surface area contributed by atoms with Gasteiger partial charge in [0.2, 0.25) is 0 Å². The highest BCUT2D eigenvalue weighted by Crippen LogP contribution is 2.15. The number of likely N-dealkylation sites (N-methyl/N-ethyl adjacent to an activating group) is 1. The van der Waals surface area contributed by atoms with Crippen LogP contribution in [0.1, 0.15) is 33.9 Å². The summed E-state index contributed by atoms with van der Waals surface area (Å²) >= 11 is 1.23. The van der Waals surface area contributed by atoms with Crippen LogP contribution in [-0.4, -0.2) is 54.5 Å². The lowest BCUT2D eigenvalue weighted by molar-refractivity contribution is 0.0326. The van der Waals surface area contributed by atoms with Gasteiger partial charge >= 0.3 is 0 Å². The maximum atomic E-state index is 11.9. The van der Waals surface area contributed by atoms with Gasteiger partial charge in [-0.05, 0) is 34.0 Å². The minimum absolute atomic E-state index is 0.0603. The van der Waals surface area contributed by atoms with Gasteiger partial charge in [0, 0.05) is 24.0 Å². The van der Waals surface area contributed by atoms with Crippen molar-refractivity contribution in [3.63, 3.8) is 0 Å². The zero-order valence-electron chi connectivity index (χ0n) is 11.7. The highest BCUT2D eigenvalue weighted by molar-refractivity contribution is 7.12. The van der Waals surface area contributed by atoms with Crippen LogP contribution in [0.3, 0.4) is 0 Å². The van der Waals surface area contributed by atoms with Crippen LogP contribution in [0.5, 0.6) is 0 Å². The number of amides is 1. The Labute approximate surface area is 117 Å². The minimum atomic E-state index is -0.986. The summed E-state index contributed by atoms with van der Waals surface area (Å²) < 4.78 is 0. The van der Waals surface area contributed by atoms with E-state index in [2.05, 4.69) is 5.32 Å². The van der Waals surface area contributed by atoms with Crippen LogP contribution in [0.15, 0.2) is 11.4 Å². The summed E-state index contributed by atoms with van der Waals surface area (Å²) in [5, 5.41) is 14.4. The number of aliphatic hydroxyl groups is 1. The number of rotatable bonds is 6. The van der Waals surface area contributed by atoms with E-state index in [4.69, 9.17) is 0 Å². The Morgan fingerprint density at radius 2 is 2.11 bits per heavy atom. The van der Waals surface area contributed by atoms with Crippen molar-refractivity contribution in [2.75, 3.05) is 27.2 Å². The Balaban J connectivity index is 2.57. The summed E-state index contributed by atoms with van der Waals surface area (Å²) in [7, 11) is 3.71. The molecule has 0 aliphatic carbocycles. The molecule has 0 aromatic carbocycles. The maximum Gasteiger partial charge on any atom is 0.261 e. The first-order valence-electron chi connectivity index (χ1n) is 5.96. The molecule has 1 atom stereocenters. The molecule has 0 aliphatic rings. The third-order valence-corrected chi connectivity index (χ3v) is 3.45. The molecular formula is C13H20N2O3S. The van der Waals surface area contributed by atoms with Crippen LogP contribution in [0.4, 0.5) is 0 Å². The quantitative estimate of drug-likeness (QED) is 0.764. The van der Waals surface area contributed by atoms with Crippen molar-refractivity contribution >= 4 is 23.0 Å². The Hall–Kier alpha value is -1.24. The second-order valence-corrected chi connectivity index (χ2v) is 6.08. The summed E-state index contributed by atoms with van der Waals surface area (Å²) in [4.78, 5) is 25.4. The van der Waals surface area contributed by atoms with E-state index < -0.39 is 5.60 Å². The number of Topliss-reactive ketones (excluding diaryl/α,β-unsaturated/α-hetero) is 1. The molecule has 5 nitrogen and oxygen atoms in total. The molecule has 19 heavy (non-hydrogen) atoms. The van der Waals surface area contributed by atoms with Crippen LogP contribution < -0.4 is 5.32 Å². The van der Waals surface area contributed by atoms with Crippen molar-refractivity contribution in [3.8, 4) is 0 Å². The predicted octanol–water partition coefficient (Wildman–Crippen LogP) is 0.993. The highest BCUT2D eigenvalue weighted by atomic mass is 32.1. The summed E-state index contributed by atoms with van der Waals surface area (Å²) in [5.74, 6) is -0.327. The molecule has 0 fully saturated rings. The number of carbonyl (C=O) groups excluding carboxylic acids is 2. The Morgan fingerprint density at radius 1 is 1.47 bits per heavy atom. The molecule has 0 bridgehead atoms. The maximum absolute atomic E-state index is 11.9. The highest BCUT2D eigenvalue weighted by Gasteiger charge is 2.22. The summed E-state index contributed by atoms with van der Waals surface area (Å²) in [6, 6.07) is 1.57. The Bertz CT molecular complexity index is 466. The van der Waals surface area contributed by atoms with Gasteiger partial charge in [0.1, 0.15) is 0 Å². The molecular weight excluding hydrogens is 264 g/mol. The van der Waals surface area contributed by atoms with Crippen molar-refractivity contribution in [1.29, 1.82) is 0 Å². The number of ketones is 1.